The molecule has 44 heavy (non-hydrogen) atoms. The fourth-order valence-electron chi connectivity index (χ4n) is 5.73. The van der Waals surface area contributed by atoms with Gasteiger partial charge in [0.05, 0.1) is 28.7 Å². The highest BCUT2D eigenvalue weighted by Crippen LogP contribution is 2.29. The second-order valence-corrected chi connectivity index (χ2v) is 11.6. The first kappa shape index (κ1) is 29.7. The van der Waals surface area contributed by atoms with Gasteiger partial charge in [-0.25, -0.2) is 9.97 Å². The van der Waals surface area contributed by atoms with E-state index in [0.29, 0.717) is 6.61 Å². The molecule has 1 saturated heterocycles. The van der Waals surface area contributed by atoms with Crippen LogP contribution in [0.4, 0.5) is 5.69 Å². The van der Waals surface area contributed by atoms with Crippen LogP contribution in [0.2, 0.25) is 0 Å². The Morgan fingerprint density at radius 3 is 2.07 bits per heavy atom. The van der Waals surface area contributed by atoms with E-state index >= 15 is 0 Å². The fraction of sp³-hybridized carbons (Fsp3) is 0.389. The summed E-state index contributed by atoms with van der Waals surface area (Å²) in [5, 5.41) is 0. The first-order valence-electron chi connectivity index (χ1n) is 15.8. The molecule has 2 aromatic heterocycles. The molecule has 2 N–H and O–H groups in total. The van der Waals surface area contributed by atoms with Crippen molar-refractivity contribution in [1.82, 2.24) is 24.8 Å². The zero-order valence-corrected chi connectivity index (χ0v) is 25.6. The van der Waals surface area contributed by atoms with Crippen molar-refractivity contribution in [1.29, 1.82) is 0 Å². The van der Waals surface area contributed by atoms with Gasteiger partial charge in [0, 0.05) is 49.6 Å². The van der Waals surface area contributed by atoms with Crippen LogP contribution >= 0.6 is 0 Å². The summed E-state index contributed by atoms with van der Waals surface area (Å²) >= 11 is 0. The number of rotatable bonds is 14. The van der Waals surface area contributed by atoms with Crippen LogP contribution in [0.25, 0.3) is 44.8 Å². The monoisotopic (exact) mass is 590 g/mol. The standard InChI is InChI=1S/C36H42N6O2/c1-3-22-43-23-8-6-4-5-7-9-24-44-30-14-10-27(11-15-30)35-37-31-16-12-28(25-33(31)39-35)36-38-32-17-13-29(26-34(32)40-36)42-20-18-41(2)19-21-42/h1,10-17,25-26H,4-9,18-24H2,2H3,(H,37,39)(H,38,40). The third-order valence-electron chi connectivity index (χ3n) is 8.35. The zero-order valence-electron chi connectivity index (χ0n) is 25.6. The van der Waals surface area contributed by atoms with E-state index in [1.165, 1.54) is 31.4 Å². The number of H-pyrrole nitrogens is 2. The summed E-state index contributed by atoms with van der Waals surface area (Å²) in [6.07, 6.45) is 12.1. The minimum absolute atomic E-state index is 0.417. The maximum absolute atomic E-state index is 5.98. The lowest BCUT2D eigenvalue weighted by Crippen LogP contribution is -2.44. The van der Waals surface area contributed by atoms with E-state index in [1.54, 1.807) is 0 Å². The molecule has 1 aliphatic heterocycles. The zero-order chi connectivity index (χ0) is 30.1. The smallest absolute Gasteiger partial charge is 0.138 e. The van der Waals surface area contributed by atoms with Crippen LogP contribution in [0.15, 0.2) is 60.7 Å². The quantitative estimate of drug-likeness (QED) is 0.108. The summed E-state index contributed by atoms with van der Waals surface area (Å²) < 4.78 is 11.3. The molecule has 3 aromatic carbocycles. The Hall–Kier alpha value is -4.32. The molecule has 1 aliphatic rings. The van der Waals surface area contributed by atoms with Crippen molar-refractivity contribution in [2.24, 2.45) is 0 Å². The van der Waals surface area contributed by atoms with Crippen molar-refractivity contribution in [2.75, 3.05) is 57.9 Å². The summed E-state index contributed by atoms with van der Waals surface area (Å²) in [6.45, 7) is 6.18. The molecule has 0 spiro atoms. The number of aromatic amines is 2. The van der Waals surface area contributed by atoms with E-state index < -0.39 is 0 Å². The molecule has 8 nitrogen and oxygen atoms in total. The molecule has 3 heterocycles. The van der Waals surface area contributed by atoms with Crippen molar-refractivity contribution in [2.45, 2.75) is 38.5 Å². The maximum atomic E-state index is 5.98. The minimum Gasteiger partial charge on any atom is -0.494 e. The SMILES string of the molecule is C#CCOCCCCCCCCOc1ccc(-c2nc3ccc(-c4nc5ccc(N6CCN(C)CC6)cc5[nH]4)cc3[nH]2)cc1. The van der Waals surface area contributed by atoms with Crippen LogP contribution in [0.5, 0.6) is 5.75 Å². The Bertz CT molecular complexity index is 1690. The van der Waals surface area contributed by atoms with Crippen molar-refractivity contribution in [3.8, 4) is 40.9 Å². The number of hydrogen-bond donors (Lipinski definition) is 2. The van der Waals surface area contributed by atoms with Gasteiger partial charge in [-0.3, -0.25) is 0 Å². The highest BCUT2D eigenvalue weighted by Gasteiger charge is 2.16. The summed E-state index contributed by atoms with van der Waals surface area (Å²) in [7, 11) is 2.18. The van der Waals surface area contributed by atoms with Crippen molar-refractivity contribution < 1.29 is 9.47 Å². The van der Waals surface area contributed by atoms with Gasteiger partial charge in [-0.05, 0) is 80.6 Å². The average molecular weight is 591 g/mol. The van der Waals surface area contributed by atoms with Crippen LogP contribution in [0.3, 0.4) is 0 Å². The molecule has 1 fully saturated rings. The molecular formula is C36H42N6O2. The lowest BCUT2D eigenvalue weighted by molar-refractivity contribution is 0.161. The molecule has 0 unspecified atom stereocenters. The average Bonchev–Trinajstić information content (AvgIpc) is 3.68. The lowest BCUT2D eigenvalue weighted by Gasteiger charge is -2.34. The Morgan fingerprint density at radius 1 is 0.727 bits per heavy atom. The maximum Gasteiger partial charge on any atom is 0.138 e. The van der Waals surface area contributed by atoms with E-state index in [0.717, 1.165) is 103 Å². The topological polar surface area (TPSA) is 82.3 Å². The lowest BCUT2D eigenvalue weighted by atomic mass is 10.1. The minimum atomic E-state index is 0.417. The van der Waals surface area contributed by atoms with Crippen LogP contribution in [-0.2, 0) is 4.74 Å². The molecule has 0 radical (unpaired) electrons. The molecule has 0 bridgehead atoms. The second kappa shape index (κ2) is 14.4. The van der Waals surface area contributed by atoms with Gasteiger partial charge in [0.2, 0.25) is 0 Å². The van der Waals surface area contributed by atoms with E-state index in [4.69, 9.17) is 25.9 Å². The van der Waals surface area contributed by atoms with Crippen molar-refractivity contribution >= 4 is 27.8 Å². The highest BCUT2D eigenvalue weighted by atomic mass is 16.5. The number of terminal acetylenes is 1. The number of nitrogens with zero attached hydrogens (tertiary/aromatic N) is 4. The van der Waals surface area contributed by atoms with E-state index in [9.17, 15) is 0 Å². The van der Waals surface area contributed by atoms with Crippen LogP contribution in [0.1, 0.15) is 38.5 Å². The van der Waals surface area contributed by atoms with Gasteiger partial charge in [0.1, 0.15) is 24.0 Å². The number of benzene rings is 3. The number of hydrogen-bond acceptors (Lipinski definition) is 6. The molecule has 5 aromatic rings. The molecule has 6 rings (SSSR count). The Balaban J connectivity index is 1.02. The largest absolute Gasteiger partial charge is 0.494 e. The van der Waals surface area contributed by atoms with Crippen molar-refractivity contribution in [3.63, 3.8) is 0 Å². The van der Waals surface area contributed by atoms with Gasteiger partial charge in [-0.1, -0.05) is 31.6 Å². The summed E-state index contributed by atoms with van der Waals surface area (Å²) in [4.78, 5) is 21.6. The number of likely N-dealkylation sites (N-methyl/N-ethyl adjacent to an activating group) is 1. The van der Waals surface area contributed by atoms with E-state index in [-0.39, 0.29) is 0 Å². The normalized spacial score (nSPS) is 14.0. The predicted octanol–water partition coefficient (Wildman–Crippen LogP) is 6.89. The van der Waals surface area contributed by atoms with Gasteiger partial charge in [0.15, 0.2) is 0 Å². The predicted molar refractivity (Wildman–Crippen MR) is 179 cm³/mol. The van der Waals surface area contributed by atoms with Gasteiger partial charge in [-0.15, -0.1) is 6.42 Å². The fourth-order valence-corrected chi connectivity index (χ4v) is 5.73. The number of nitrogens with one attached hydrogen (secondary N) is 2. The Morgan fingerprint density at radius 2 is 1.34 bits per heavy atom. The van der Waals surface area contributed by atoms with Gasteiger partial charge in [-0.2, -0.15) is 0 Å². The van der Waals surface area contributed by atoms with Gasteiger partial charge >= 0.3 is 0 Å². The number of unbranched alkanes of at least 4 members (excludes halogenated alkanes) is 5. The van der Waals surface area contributed by atoms with Gasteiger partial charge in [0.25, 0.3) is 0 Å². The first-order chi connectivity index (χ1) is 21.7. The molecule has 0 saturated carbocycles. The summed E-state index contributed by atoms with van der Waals surface area (Å²) in [5.41, 5.74) is 7.25. The number of anilines is 1. The molecule has 8 heteroatoms. The third kappa shape index (κ3) is 7.42. The molecule has 0 amide bonds. The first-order valence-corrected chi connectivity index (χ1v) is 15.8. The third-order valence-corrected chi connectivity index (χ3v) is 8.35. The Kier molecular flexibility index (Phi) is 9.76. The number of ether oxygens (including phenoxy) is 2. The number of imidazole rings is 2. The van der Waals surface area contributed by atoms with Gasteiger partial charge < -0.3 is 29.2 Å². The van der Waals surface area contributed by atoms with Crippen LogP contribution < -0.4 is 9.64 Å². The van der Waals surface area contributed by atoms with Crippen molar-refractivity contribution in [3.05, 3.63) is 60.7 Å². The summed E-state index contributed by atoms with van der Waals surface area (Å²) in [5.74, 6) is 5.09. The molecule has 228 valence electrons. The van der Waals surface area contributed by atoms with Crippen LogP contribution in [-0.4, -0.2) is 77.9 Å². The highest BCUT2D eigenvalue weighted by molar-refractivity contribution is 5.87. The van der Waals surface area contributed by atoms with E-state index in [2.05, 4.69) is 81.3 Å². The van der Waals surface area contributed by atoms with Crippen LogP contribution in [0, 0.1) is 12.3 Å². The molecule has 0 aliphatic carbocycles. The van der Waals surface area contributed by atoms with E-state index in [1.807, 2.05) is 12.1 Å². The number of fused-ring (bicyclic) bond motifs is 2. The summed E-state index contributed by atoms with van der Waals surface area (Å²) in [6, 6.07) is 21.0. The molecular weight excluding hydrogens is 548 g/mol. The number of aromatic nitrogens is 4. The molecule has 0 atom stereocenters. The Labute approximate surface area is 259 Å². The number of piperazine rings is 1. The second-order valence-electron chi connectivity index (χ2n) is 11.6.